The Balaban J connectivity index is 0.000000633. The minimum absolute atomic E-state index is 0.121. The van der Waals surface area contributed by atoms with E-state index in [0.29, 0.717) is 6.54 Å². The number of rotatable bonds is 18. The number of halogens is 1. The summed E-state index contributed by atoms with van der Waals surface area (Å²) < 4.78 is 12.3. The quantitative estimate of drug-likeness (QED) is 0.126. The summed E-state index contributed by atoms with van der Waals surface area (Å²) in [4.78, 5) is 38.8. The molecule has 0 aliphatic heterocycles. The van der Waals surface area contributed by atoms with E-state index >= 15 is 0 Å². The van der Waals surface area contributed by atoms with E-state index in [1.807, 2.05) is 32.3 Å². The molecule has 0 aromatic heterocycles. The minimum atomic E-state index is -0.333. The number of benzene rings is 1. The van der Waals surface area contributed by atoms with Crippen LogP contribution in [0.1, 0.15) is 44.1 Å². The zero-order chi connectivity index (χ0) is 29.0. The maximum Gasteiger partial charge on any atom is 0.225 e. The number of amides is 1. The number of carbonyl (C=O) groups excluding carboxylic acids is 3. The van der Waals surface area contributed by atoms with Gasteiger partial charge < -0.3 is 19.8 Å². The lowest BCUT2D eigenvalue weighted by Gasteiger charge is -2.43. The molecule has 10 heteroatoms. The number of nitrogens with zero attached hydrogens (tertiary/aromatic N) is 4. The van der Waals surface area contributed by atoms with Crippen molar-refractivity contribution in [2.24, 2.45) is 0 Å². The van der Waals surface area contributed by atoms with Crippen LogP contribution in [0.15, 0.2) is 35.9 Å². The van der Waals surface area contributed by atoms with Gasteiger partial charge in [0.1, 0.15) is 24.6 Å². The van der Waals surface area contributed by atoms with Crippen molar-refractivity contribution in [3.63, 3.8) is 0 Å². The molecule has 1 aromatic rings. The first-order valence-electron chi connectivity index (χ1n) is 13.6. The average Bonchev–Trinajstić information content (AvgIpc) is 2.94. The third-order valence-corrected chi connectivity index (χ3v) is 7.53. The van der Waals surface area contributed by atoms with Gasteiger partial charge in [-0.3, -0.25) is 14.7 Å². The summed E-state index contributed by atoms with van der Waals surface area (Å²) >= 11 is 1.70. The first-order chi connectivity index (χ1) is 18.8. The van der Waals surface area contributed by atoms with Crippen LogP contribution in [0.5, 0.6) is 0 Å². The molecule has 2 rings (SSSR count). The number of thioether (sulfide) groups is 1. The summed E-state index contributed by atoms with van der Waals surface area (Å²) in [6.45, 7) is 2.41. The van der Waals surface area contributed by atoms with Crippen molar-refractivity contribution in [3.05, 3.63) is 47.3 Å². The molecule has 0 heterocycles. The van der Waals surface area contributed by atoms with E-state index in [0.717, 1.165) is 56.2 Å². The van der Waals surface area contributed by atoms with Gasteiger partial charge in [0.15, 0.2) is 0 Å². The lowest BCUT2D eigenvalue weighted by Crippen LogP contribution is -2.60. The van der Waals surface area contributed by atoms with Gasteiger partial charge in [-0.15, -0.1) is 0 Å². The van der Waals surface area contributed by atoms with Crippen molar-refractivity contribution >= 4 is 30.7 Å². The van der Waals surface area contributed by atoms with Crippen LogP contribution in [0.2, 0.25) is 0 Å². The maximum atomic E-state index is 12.3. The van der Waals surface area contributed by atoms with Gasteiger partial charge in [-0.25, -0.2) is 9.40 Å². The third kappa shape index (κ3) is 13.7. The Labute approximate surface area is 238 Å². The molecule has 1 unspecified atom stereocenters. The zero-order valence-electron chi connectivity index (χ0n) is 24.4. The average molecular weight is 566 g/mol. The Morgan fingerprint density at radius 3 is 2.36 bits per heavy atom. The van der Waals surface area contributed by atoms with Crippen LogP contribution in [-0.2, 0) is 20.9 Å². The summed E-state index contributed by atoms with van der Waals surface area (Å²) in [5.74, 6) is 0.690. The van der Waals surface area contributed by atoms with E-state index in [2.05, 4.69) is 16.3 Å². The van der Waals surface area contributed by atoms with Crippen molar-refractivity contribution in [2.75, 3.05) is 59.8 Å². The van der Waals surface area contributed by atoms with Crippen molar-refractivity contribution in [1.29, 1.82) is 0 Å². The lowest BCUT2D eigenvalue weighted by atomic mass is 9.97. The summed E-state index contributed by atoms with van der Waals surface area (Å²) in [6, 6.07) is 6.19. The number of carbonyl (C=O) groups is 3. The van der Waals surface area contributed by atoms with Gasteiger partial charge >= 0.3 is 0 Å². The van der Waals surface area contributed by atoms with Gasteiger partial charge in [-0.05, 0) is 89.4 Å². The third-order valence-electron chi connectivity index (χ3n) is 6.88. The Morgan fingerprint density at radius 2 is 1.82 bits per heavy atom. The van der Waals surface area contributed by atoms with E-state index in [1.54, 1.807) is 36.0 Å². The van der Waals surface area contributed by atoms with Crippen molar-refractivity contribution < 1.29 is 18.8 Å². The maximum absolute atomic E-state index is 12.3. The first kappa shape index (κ1) is 34.9. The molecule has 1 aromatic carbocycles. The van der Waals surface area contributed by atoms with Gasteiger partial charge in [0.2, 0.25) is 6.41 Å². The van der Waals surface area contributed by atoms with Gasteiger partial charge in [0.25, 0.3) is 0 Å². The Morgan fingerprint density at radius 1 is 1.10 bits per heavy atom. The predicted octanol–water partition coefficient (Wildman–Crippen LogP) is 3.44. The number of likely N-dealkylation sites (N-methyl/N-ethyl adjacent to an activating group) is 3. The second-order valence-corrected chi connectivity index (χ2v) is 10.9. The number of hydrazine groups is 1. The van der Waals surface area contributed by atoms with E-state index < -0.39 is 0 Å². The molecule has 0 saturated heterocycles. The second kappa shape index (κ2) is 20.7. The summed E-state index contributed by atoms with van der Waals surface area (Å²) in [6.07, 6.45) is 13.2. The molecule has 0 radical (unpaired) electrons. The molecule has 0 spiro atoms. The zero-order valence-corrected chi connectivity index (χ0v) is 25.2. The summed E-state index contributed by atoms with van der Waals surface area (Å²) in [5, 5.41) is 6.12. The van der Waals surface area contributed by atoms with Gasteiger partial charge in [0, 0.05) is 26.7 Å². The van der Waals surface area contributed by atoms with Crippen LogP contribution in [-0.4, -0.2) is 111 Å². The highest BCUT2D eigenvalue weighted by atomic mass is 32.2. The Kier molecular flexibility index (Phi) is 18.6. The fraction of sp³-hybridized carbons (Fsp3) is 0.621. The standard InChI is InChI=1S/C21H38N4O3S.C8H10FN/c1-22(12-10-19-8-6-5-7-9-19)16-21(25(18-28)23(2)13-14-26)24(3)20(17-27)11-15-29-4;1-10-6-7-2-4-8(9)5-3-7/h8,14,17-18,20-21H,5-7,9-13,15-16H2,1-4H3;2-5,10H,6H2,1H3/t20-,21?;/m0./s1. The fourth-order valence-corrected chi connectivity index (χ4v) is 4.93. The van der Waals surface area contributed by atoms with Crippen LogP contribution in [0.3, 0.4) is 0 Å². The highest BCUT2D eigenvalue weighted by Crippen LogP contribution is 2.20. The SMILES string of the molecule is CNCc1ccc(F)cc1.CSCC[C@@H](C=O)N(C)C(CN(C)CCC1=CCCCC1)N(C=O)N(C)CC=O. The van der Waals surface area contributed by atoms with Crippen molar-refractivity contribution in [1.82, 2.24) is 25.1 Å². The second-order valence-electron chi connectivity index (χ2n) is 9.90. The summed E-state index contributed by atoms with van der Waals surface area (Å²) in [7, 11) is 7.51. The van der Waals surface area contributed by atoms with E-state index in [1.165, 1.54) is 48.4 Å². The van der Waals surface area contributed by atoms with E-state index in [-0.39, 0.29) is 24.6 Å². The molecule has 0 bridgehead atoms. The number of hydrogen-bond donors (Lipinski definition) is 1. The molecule has 1 N–H and O–H groups in total. The van der Waals surface area contributed by atoms with Crippen LogP contribution in [0.4, 0.5) is 4.39 Å². The highest BCUT2D eigenvalue weighted by molar-refractivity contribution is 7.98. The predicted molar refractivity (Wildman–Crippen MR) is 159 cm³/mol. The number of aldehydes is 2. The smallest absolute Gasteiger partial charge is 0.225 e. The number of nitrogens with one attached hydrogen (secondary N) is 1. The topological polar surface area (TPSA) is 76.2 Å². The normalized spacial score (nSPS) is 14.8. The Bertz CT molecular complexity index is 858. The number of hydrogen-bond acceptors (Lipinski definition) is 8. The molecule has 1 aliphatic carbocycles. The van der Waals surface area contributed by atoms with Crippen molar-refractivity contribution in [3.8, 4) is 0 Å². The van der Waals surface area contributed by atoms with Gasteiger partial charge in [-0.2, -0.15) is 11.8 Å². The molecular formula is C29H48FN5O3S. The molecule has 39 heavy (non-hydrogen) atoms. The molecule has 220 valence electrons. The van der Waals surface area contributed by atoms with Gasteiger partial charge in [0.05, 0.1) is 12.6 Å². The molecule has 8 nitrogen and oxygen atoms in total. The van der Waals surface area contributed by atoms with Crippen LogP contribution >= 0.6 is 11.8 Å². The van der Waals surface area contributed by atoms with Crippen LogP contribution in [0.25, 0.3) is 0 Å². The highest BCUT2D eigenvalue weighted by Gasteiger charge is 2.30. The van der Waals surface area contributed by atoms with E-state index in [4.69, 9.17) is 0 Å². The minimum Gasteiger partial charge on any atom is -0.316 e. The molecule has 0 fully saturated rings. The number of allylic oxidation sites excluding steroid dienone is 1. The van der Waals surface area contributed by atoms with Crippen LogP contribution < -0.4 is 5.32 Å². The molecule has 1 aliphatic rings. The molecule has 0 saturated carbocycles. The Hall–Kier alpha value is -2.11. The molecular weight excluding hydrogens is 517 g/mol. The molecule has 2 atom stereocenters. The van der Waals surface area contributed by atoms with Gasteiger partial charge in [-0.1, -0.05) is 23.8 Å². The summed E-state index contributed by atoms with van der Waals surface area (Å²) in [5.41, 5.74) is 2.62. The lowest BCUT2D eigenvalue weighted by molar-refractivity contribution is -0.153. The molecule has 1 amide bonds. The first-order valence-corrected chi connectivity index (χ1v) is 15.0. The monoisotopic (exact) mass is 565 g/mol. The van der Waals surface area contributed by atoms with Crippen molar-refractivity contribution in [2.45, 2.75) is 57.3 Å². The fourth-order valence-electron chi connectivity index (χ4n) is 4.45. The van der Waals surface area contributed by atoms with Crippen LogP contribution in [0, 0.1) is 5.82 Å². The van der Waals surface area contributed by atoms with E-state index in [9.17, 15) is 18.8 Å². The largest absolute Gasteiger partial charge is 0.316 e.